The van der Waals surface area contributed by atoms with Crippen LogP contribution in [0.2, 0.25) is 0 Å². The summed E-state index contributed by atoms with van der Waals surface area (Å²) in [5.41, 5.74) is 4.59. The first-order valence-corrected chi connectivity index (χ1v) is 6.33. The lowest BCUT2D eigenvalue weighted by Gasteiger charge is -2.10. The Morgan fingerprint density at radius 1 is 1.28 bits per heavy atom. The number of benzene rings is 1. The SMILES string of the molecule is Cc1noc(C)c1CNc1cccc(C(C)C)c1. The molecule has 2 aromatic rings. The smallest absolute Gasteiger partial charge is 0.138 e. The molecule has 0 saturated heterocycles. The molecule has 96 valence electrons. The van der Waals surface area contributed by atoms with Crippen LogP contribution in [0.1, 0.15) is 42.3 Å². The highest BCUT2D eigenvalue weighted by molar-refractivity contribution is 5.47. The van der Waals surface area contributed by atoms with Crippen LogP contribution in [-0.2, 0) is 6.54 Å². The molecule has 0 spiro atoms. The minimum Gasteiger partial charge on any atom is -0.381 e. The Hall–Kier alpha value is -1.77. The molecule has 1 N–H and O–H groups in total. The normalized spacial score (nSPS) is 10.9. The second-order valence-corrected chi connectivity index (χ2v) is 4.94. The van der Waals surface area contributed by atoms with E-state index in [2.05, 4.69) is 48.6 Å². The van der Waals surface area contributed by atoms with E-state index in [0.717, 1.165) is 29.2 Å². The van der Waals surface area contributed by atoms with Crippen molar-refractivity contribution in [3.05, 3.63) is 46.8 Å². The fourth-order valence-corrected chi connectivity index (χ4v) is 1.95. The molecule has 0 saturated carbocycles. The zero-order chi connectivity index (χ0) is 13.1. The molecule has 1 heterocycles. The van der Waals surface area contributed by atoms with Gasteiger partial charge in [-0.2, -0.15) is 0 Å². The molecule has 1 aromatic carbocycles. The Bertz CT molecular complexity index is 510. The molecule has 0 fully saturated rings. The van der Waals surface area contributed by atoms with Gasteiger partial charge in [-0.3, -0.25) is 0 Å². The second-order valence-electron chi connectivity index (χ2n) is 4.94. The van der Waals surface area contributed by atoms with Crippen LogP contribution in [0.5, 0.6) is 0 Å². The van der Waals surface area contributed by atoms with Gasteiger partial charge in [-0.05, 0) is 37.5 Å². The lowest BCUT2D eigenvalue weighted by molar-refractivity contribution is 0.392. The van der Waals surface area contributed by atoms with Crippen molar-refractivity contribution in [2.24, 2.45) is 0 Å². The molecule has 18 heavy (non-hydrogen) atoms. The van der Waals surface area contributed by atoms with Crippen LogP contribution in [0.15, 0.2) is 28.8 Å². The Labute approximate surface area is 108 Å². The number of rotatable bonds is 4. The number of nitrogens with one attached hydrogen (secondary N) is 1. The Balaban J connectivity index is 2.09. The summed E-state index contributed by atoms with van der Waals surface area (Å²) in [5, 5.41) is 7.38. The lowest BCUT2D eigenvalue weighted by Crippen LogP contribution is -2.02. The van der Waals surface area contributed by atoms with Crippen molar-refractivity contribution in [3.8, 4) is 0 Å². The second kappa shape index (κ2) is 5.25. The van der Waals surface area contributed by atoms with Crippen LogP contribution in [0.25, 0.3) is 0 Å². The van der Waals surface area contributed by atoms with E-state index in [1.165, 1.54) is 5.56 Å². The van der Waals surface area contributed by atoms with E-state index in [1.54, 1.807) is 0 Å². The van der Waals surface area contributed by atoms with Gasteiger partial charge in [0.15, 0.2) is 0 Å². The molecule has 0 bridgehead atoms. The Kier molecular flexibility index (Phi) is 3.70. The summed E-state index contributed by atoms with van der Waals surface area (Å²) in [6, 6.07) is 8.53. The van der Waals surface area contributed by atoms with E-state index in [4.69, 9.17) is 4.52 Å². The van der Waals surface area contributed by atoms with Gasteiger partial charge in [0.05, 0.1) is 5.69 Å². The van der Waals surface area contributed by atoms with Crippen LogP contribution >= 0.6 is 0 Å². The van der Waals surface area contributed by atoms with Crippen molar-refractivity contribution in [2.75, 3.05) is 5.32 Å². The minimum atomic E-state index is 0.547. The summed E-state index contributed by atoms with van der Waals surface area (Å²) in [5.74, 6) is 1.44. The number of aryl methyl sites for hydroxylation is 2. The topological polar surface area (TPSA) is 38.1 Å². The summed E-state index contributed by atoms with van der Waals surface area (Å²) in [6.07, 6.45) is 0. The van der Waals surface area contributed by atoms with Gasteiger partial charge < -0.3 is 9.84 Å². The van der Waals surface area contributed by atoms with Gasteiger partial charge in [0.25, 0.3) is 0 Å². The summed E-state index contributed by atoms with van der Waals surface area (Å²) in [4.78, 5) is 0. The first-order chi connectivity index (χ1) is 8.58. The molecule has 3 nitrogen and oxygen atoms in total. The van der Waals surface area contributed by atoms with Crippen molar-refractivity contribution < 1.29 is 4.52 Å². The van der Waals surface area contributed by atoms with E-state index in [9.17, 15) is 0 Å². The van der Waals surface area contributed by atoms with E-state index in [-0.39, 0.29) is 0 Å². The highest BCUT2D eigenvalue weighted by Crippen LogP contribution is 2.20. The molecule has 0 atom stereocenters. The maximum absolute atomic E-state index is 5.16. The monoisotopic (exact) mass is 244 g/mol. The summed E-state index contributed by atoms with van der Waals surface area (Å²) >= 11 is 0. The molecule has 0 unspecified atom stereocenters. The molecular formula is C15H20N2O. The number of hydrogen-bond donors (Lipinski definition) is 1. The maximum Gasteiger partial charge on any atom is 0.138 e. The van der Waals surface area contributed by atoms with E-state index < -0.39 is 0 Å². The van der Waals surface area contributed by atoms with Gasteiger partial charge >= 0.3 is 0 Å². The number of aromatic nitrogens is 1. The zero-order valence-corrected chi connectivity index (χ0v) is 11.4. The van der Waals surface area contributed by atoms with Crippen molar-refractivity contribution in [3.63, 3.8) is 0 Å². The standard InChI is InChI=1S/C15H20N2O/c1-10(2)13-6-5-7-14(8-13)16-9-15-11(3)17-18-12(15)4/h5-8,10,16H,9H2,1-4H3. The van der Waals surface area contributed by atoms with Crippen molar-refractivity contribution in [2.45, 2.75) is 40.2 Å². The average Bonchev–Trinajstić information content (AvgIpc) is 2.67. The number of hydrogen-bond acceptors (Lipinski definition) is 3. The molecule has 0 amide bonds. The lowest BCUT2D eigenvalue weighted by atomic mass is 10.0. The maximum atomic E-state index is 5.16. The highest BCUT2D eigenvalue weighted by atomic mass is 16.5. The Morgan fingerprint density at radius 2 is 2.06 bits per heavy atom. The third kappa shape index (κ3) is 2.73. The molecule has 3 heteroatoms. The van der Waals surface area contributed by atoms with Crippen LogP contribution in [0, 0.1) is 13.8 Å². The molecule has 0 aliphatic carbocycles. The first-order valence-electron chi connectivity index (χ1n) is 6.33. The van der Waals surface area contributed by atoms with Gasteiger partial charge in [0.2, 0.25) is 0 Å². The van der Waals surface area contributed by atoms with Gasteiger partial charge in [0, 0.05) is 17.8 Å². The predicted octanol–water partition coefficient (Wildman–Crippen LogP) is 4.03. The zero-order valence-electron chi connectivity index (χ0n) is 11.4. The third-order valence-electron chi connectivity index (χ3n) is 3.20. The Morgan fingerprint density at radius 3 is 2.67 bits per heavy atom. The van der Waals surface area contributed by atoms with Crippen molar-refractivity contribution in [1.82, 2.24) is 5.16 Å². The average molecular weight is 244 g/mol. The highest BCUT2D eigenvalue weighted by Gasteiger charge is 2.08. The number of anilines is 1. The molecule has 2 rings (SSSR count). The van der Waals surface area contributed by atoms with Gasteiger partial charge in [-0.15, -0.1) is 0 Å². The quantitative estimate of drug-likeness (QED) is 0.882. The summed E-state index contributed by atoms with van der Waals surface area (Å²) in [6.45, 7) is 9.07. The molecule has 0 aliphatic rings. The molecule has 1 aromatic heterocycles. The van der Waals surface area contributed by atoms with Gasteiger partial charge in [-0.25, -0.2) is 0 Å². The van der Waals surface area contributed by atoms with Crippen LogP contribution in [0.4, 0.5) is 5.69 Å². The van der Waals surface area contributed by atoms with E-state index >= 15 is 0 Å². The van der Waals surface area contributed by atoms with E-state index in [0.29, 0.717) is 5.92 Å². The fourth-order valence-electron chi connectivity index (χ4n) is 1.95. The third-order valence-corrected chi connectivity index (χ3v) is 3.20. The largest absolute Gasteiger partial charge is 0.381 e. The predicted molar refractivity (Wildman–Crippen MR) is 73.8 cm³/mol. The number of nitrogens with zero attached hydrogens (tertiary/aromatic N) is 1. The van der Waals surface area contributed by atoms with Crippen molar-refractivity contribution >= 4 is 5.69 Å². The summed E-state index contributed by atoms with van der Waals surface area (Å²) < 4.78 is 5.16. The van der Waals surface area contributed by atoms with Crippen LogP contribution in [-0.4, -0.2) is 5.16 Å². The summed E-state index contributed by atoms with van der Waals surface area (Å²) in [7, 11) is 0. The first kappa shape index (κ1) is 12.7. The van der Waals surface area contributed by atoms with Crippen molar-refractivity contribution in [1.29, 1.82) is 0 Å². The minimum absolute atomic E-state index is 0.547. The molecule has 0 radical (unpaired) electrons. The fraction of sp³-hybridized carbons (Fsp3) is 0.400. The van der Waals surface area contributed by atoms with Gasteiger partial charge in [0.1, 0.15) is 5.76 Å². The van der Waals surface area contributed by atoms with E-state index in [1.807, 2.05) is 13.8 Å². The van der Waals surface area contributed by atoms with Crippen LogP contribution < -0.4 is 5.32 Å². The van der Waals surface area contributed by atoms with Crippen LogP contribution in [0.3, 0.4) is 0 Å². The van der Waals surface area contributed by atoms with Gasteiger partial charge in [-0.1, -0.05) is 31.1 Å². The molecular weight excluding hydrogens is 224 g/mol. The molecule has 0 aliphatic heterocycles.